The van der Waals surface area contributed by atoms with Crippen molar-refractivity contribution in [3.8, 4) is 17.2 Å². The maximum atomic E-state index is 10.6. The van der Waals surface area contributed by atoms with Gasteiger partial charge in [-0.25, -0.2) is 0 Å². The van der Waals surface area contributed by atoms with E-state index in [4.69, 9.17) is 14.2 Å². The molecule has 0 saturated carbocycles. The molecular weight excluding hydrogens is 338 g/mol. The Morgan fingerprint density at radius 1 is 0.962 bits per heavy atom. The van der Waals surface area contributed by atoms with Crippen LogP contribution in [0.5, 0.6) is 17.2 Å². The predicted octanol–water partition coefficient (Wildman–Crippen LogP) is 2.82. The quantitative estimate of drug-likeness (QED) is 0.382. The first-order valence-electron chi connectivity index (χ1n) is 8.07. The number of ether oxygens (including phenoxy) is 3. The molecule has 0 aliphatic carbocycles. The third-order valence-electron chi connectivity index (χ3n) is 3.76. The summed E-state index contributed by atoms with van der Waals surface area (Å²) in [6.07, 6.45) is 0. The number of methoxy groups -OCH3 is 3. The number of anilines is 1. The highest BCUT2D eigenvalue weighted by Crippen LogP contribution is 2.38. The molecule has 0 aliphatic rings. The summed E-state index contributed by atoms with van der Waals surface area (Å²) >= 11 is 0. The largest absolute Gasteiger partial charge is 0.493 e. The SMILES string of the molecule is COc1cc(CNCCNc2ccc([N+](=O)[O-])cc2)cc(OC)c1OC. The Hall–Kier alpha value is -3.00. The second-order valence-electron chi connectivity index (χ2n) is 5.44. The summed E-state index contributed by atoms with van der Waals surface area (Å²) in [5.41, 5.74) is 1.93. The summed E-state index contributed by atoms with van der Waals surface area (Å²) in [5.74, 6) is 1.80. The van der Waals surface area contributed by atoms with E-state index in [1.165, 1.54) is 12.1 Å². The van der Waals surface area contributed by atoms with Crippen LogP contribution in [-0.2, 0) is 6.54 Å². The predicted molar refractivity (Wildman–Crippen MR) is 99.4 cm³/mol. The van der Waals surface area contributed by atoms with Gasteiger partial charge in [0.2, 0.25) is 5.75 Å². The Labute approximate surface area is 152 Å². The van der Waals surface area contributed by atoms with Crippen molar-refractivity contribution in [2.45, 2.75) is 6.54 Å². The van der Waals surface area contributed by atoms with Crippen molar-refractivity contribution >= 4 is 11.4 Å². The lowest BCUT2D eigenvalue weighted by Gasteiger charge is -2.14. The molecule has 8 heteroatoms. The fourth-order valence-corrected chi connectivity index (χ4v) is 2.47. The summed E-state index contributed by atoms with van der Waals surface area (Å²) in [7, 11) is 4.74. The maximum absolute atomic E-state index is 10.6. The van der Waals surface area contributed by atoms with Gasteiger partial charge in [0.25, 0.3) is 5.69 Å². The molecule has 0 fully saturated rings. The first-order valence-corrected chi connectivity index (χ1v) is 8.07. The summed E-state index contributed by atoms with van der Waals surface area (Å²) in [6, 6.07) is 10.1. The molecule has 0 unspecified atom stereocenters. The molecule has 0 saturated heterocycles. The molecule has 140 valence electrons. The molecule has 0 bridgehead atoms. The van der Waals surface area contributed by atoms with Crippen molar-refractivity contribution in [3.63, 3.8) is 0 Å². The number of hydrogen-bond donors (Lipinski definition) is 2. The van der Waals surface area contributed by atoms with Crippen molar-refractivity contribution in [1.82, 2.24) is 5.32 Å². The van der Waals surface area contributed by atoms with Crippen LogP contribution < -0.4 is 24.8 Å². The number of nitro groups is 1. The van der Waals surface area contributed by atoms with Gasteiger partial charge in [0.1, 0.15) is 0 Å². The zero-order valence-corrected chi connectivity index (χ0v) is 15.1. The normalized spacial score (nSPS) is 10.3. The lowest BCUT2D eigenvalue weighted by molar-refractivity contribution is -0.384. The second-order valence-corrected chi connectivity index (χ2v) is 5.44. The highest BCUT2D eigenvalue weighted by molar-refractivity contribution is 5.53. The summed E-state index contributed by atoms with van der Waals surface area (Å²) in [5, 5.41) is 17.2. The zero-order valence-electron chi connectivity index (χ0n) is 15.1. The smallest absolute Gasteiger partial charge is 0.269 e. The number of non-ortho nitro benzene ring substituents is 1. The number of nitrogens with zero attached hydrogens (tertiary/aromatic N) is 1. The van der Waals surface area contributed by atoms with Gasteiger partial charge in [0.15, 0.2) is 11.5 Å². The summed E-state index contributed by atoms with van der Waals surface area (Å²) in [6.45, 7) is 2.04. The van der Waals surface area contributed by atoms with Crippen molar-refractivity contribution in [2.24, 2.45) is 0 Å². The van der Waals surface area contributed by atoms with Crippen molar-refractivity contribution in [2.75, 3.05) is 39.7 Å². The van der Waals surface area contributed by atoms with E-state index >= 15 is 0 Å². The van der Waals surface area contributed by atoms with Crippen LogP contribution in [0.3, 0.4) is 0 Å². The van der Waals surface area contributed by atoms with Crippen LogP contribution in [0.25, 0.3) is 0 Å². The number of hydrogen-bond acceptors (Lipinski definition) is 7. The van der Waals surface area contributed by atoms with Crippen LogP contribution in [0.2, 0.25) is 0 Å². The third-order valence-corrected chi connectivity index (χ3v) is 3.76. The Morgan fingerprint density at radius 3 is 2.08 bits per heavy atom. The van der Waals surface area contributed by atoms with E-state index < -0.39 is 4.92 Å². The standard InChI is InChI=1S/C18H23N3O5/c1-24-16-10-13(11-17(25-2)18(16)26-3)12-19-8-9-20-14-4-6-15(7-5-14)21(22)23/h4-7,10-11,19-20H,8-9,12H2,1-3H3. The molecule has 26 heavy (non-hydrogen) atoms. The maximum Gasteiger partial charge on any atom is 0.269 e. The van der Waals surface area contributed by atoms with E-state index in [9.17, 15) is 10.1 Å². The van der Waals surface area contributed by atoms with Gasteiger partial charge in [-0.3, -0.25) is 10.1 Å². The van der Waals surface area contributed by atoms with Gasteiger partial charge < -0.3 is 24.8 Å². The van der Waals surface area contributed by atoms with Crippen molar-refractivity contribution < 1.29 is 19.1 Å². The lowest BCUT2D eigenvalue weighted by atomic mass is 10.1. The molecule has 8 nitrogen and oxygen atoms in total. The second kappa shape index (κ2) is 9.47. The van der Waals surface area contributed by atoms with Crippen molar-refractivity contribution in [3.05, 3.63) is 52.1 Å². The molecule has 0 radical (unpaired) electrons. The van der Waals surface area contributed by atoms with E-state index in [0.717, 1.165) is 11.3 Å². The van der Waals surface area contributed by atoms with Gasteiger partial charge in [-0.1, -0.05) is 0 Å². The Kier molecular flexibility index (Phi) is 7.04. The number of benzene rings is 2. The van der Waals surface area contributed by atoms with Crippen molar-refractivity contribution in [1.29, 1.82) is 0 Å². The molecule has 0 aliphatic heterocycles. The van der Waals surface area contributed by atoms with E-state index in [0.29, 0.717) is 36.9 Å². The van der Waals surface area contributed by atoms with Gasteiger partial charge in [-0.15, -0.1) is 0 Å². The molecular formula is C18H23N3O5. The van der Waals surface area contributed by atoms with E-state index in [-0.39, 0.29) is 5.69 Å². The highest BCUT2D eigenvalue weighted by Gasteiger charge is 2.12. The third kappa shape index (κ3) is 5.00. The van der Waals surface area contributed by atoms with Gasteiger partial charge in [0.05, 0.1) is 26.3 Å². The summed E-state index contributed by atoms with van der Waals surface area (Å²) < 4.78 is 16.0. The molecule has 0 aromatic heterocycles. The Balaban J connectivity index is 1.83. The van der Waals surface area contributed by atoms with E-state index in [1.54, 1.807) is 33.5 Å². The van der Waals surface area contributed by atoms with Crippen LogP contribution in [0.4, 0.5) is 11.4 Å². The Bertz CT molecular complexity index is 709. The van der Waals surface area contributed by atoms with Crippen LogP contribution in [0, 0.1) is 10.1 Å². The summed E-state index contributed by atoms with van der Waals surface area (Å²) in [4.78, 5) is 10.2. The van der Waals surface area contributed by atoms with E-state index in [1.807, 2.05) is 12.1 Å². The minimum atomic E-state index is -0.414. The van der Waals surface area contributed by atoms with Gasteiger partial charge in [0, 0.05) is 37.5 Å². The Morgan fingerprint density at radius 2 is 1.58 bits per heavy atom. The van der Waals surface area contributed by atoms with Gasteiger partial charge in [-0.2, -0.15) is 0 Å². The minimum Gasteiger partial charge on any atom is -0.493 e. The first kappa shape index (κ1) is 19.3. The monoisotopic (exact) mass is 361 g/mol. The number of nitro benzene ring substituents is 1. The lowest BCUT2D eigenvalue weighted by Crippen LogP contribution is -2.21. The first-order chi connectivity index (χ1) is 12.6. The minimum absolute atomic E-state index is 0.0797. The molecule has 2 aromatic carbocycles. The van der Waals surface area contributed by atoms with E-state index in [2.05, 4.69) is 10.6 Å². The molecule has 2 N–H and O–H groups in total. The topological polar surface area (TPSA) is 94.9 Å². The van der Waals surface area contributed by atoms with Crippen LogP contribution in [0.1, 0.15) is 5.56 Å². The fraction of sp³-hybridized carbons (Fsp3) is 0.333. The van der Waals surface area contributed by atoms with Crippen LogP contribution in [0.15, 0.2) is 36.4 Å². The highest BCUT2D eigenvalue weighted by atomic mass is 16.6. The van der Waals surface area contributed by atoms with Gasteiger partial charge >= 0.3 is 0 Å². The average molecular weight is 361 g/mol. The average Bonchev–Trinajstić information content (AvgIpc) is 2.67. The molecule has 0 amide bonds. The zero-order chi connectivity index (χ0) is 18.9. The van der Waals surface area contributed by atoms with Crippen LogP contribution >= 0.6 is 0 Å². The molecule has 2 rings (SSSR count). The molecule has 2 aromatic rings. The van der Waals surface area contributed by atoms with Crippen LogP contribution in [-0.4, -0.2) is 39.3 Å². The fourth-order valence-electron chi connectivity index (χ4n) is 2.47. The molecule has 0 spiro atoms. The molecule has 0 atom stereocenters. The number of nitrogens with one attached hydrogen (secondary N) is 2. The number of rotatable bonds is 10. The van der Waals surface area contributed by atoms with Gasteiger partial charge in [-0.05, 0) is 29.8 Å². The molecule has 0 heterocycles.